The van der Waals surface area contributed by atoms with E-state index in [-0.39, 0.29) is 0 Å². The van der Waals surface area contributed by atoms with Crippen molar-refractivity contribution in [3.05, 3.63) is 36.9 Å². The third-order valence-electron chi connectivity index (χ3n) is 1.99. The molecule has 0 saturated heterocycles. The molecule has 0 atom stereocenters. The van der Waals surface area contributed by atoms with Crippen LogP contribution in [0.4, 0.5) is 0 Å². The molecule has 2 aromatic heterocycles. The molecule has 0 amide bonds. The van der Waals surface area contributed by atoms with E-state index in [4.69, 9.17) is 4.52 Å². The van der Waals surface area contributed by atoms with Gasteiger partial charge in [0.2, 0.25) is 5.82 Å². The number of para-hydroxylation sites is 1. The number of benzene rings is 1. The Morgan fingerprint density at radius 3 is 3.00 bits per heavy atom. The highest BCUT2D eigenvalue weighted by molar-refractivity contribution is 5.83. The standard InChI is InChI=1S/C9H6N4O/c1-2-4-8-7(3-1)9(12-14-8)13-6-10-5-11-13/h1-6H. The summed E-state index contributed by atoms with van der Waals surface area (Å²) in [6, 6.07) is 7.63. The molecule has 5 heteroatoms. The lowest BCUT2D eigenvalue weighted by atomic mass is 10.2. The maximum Gasteiger partial charge on any atom is 0.205 e. The number of hydrogen-bond acceptors (Lipinski definition) is 4. The third kappa shape index (κ3) is 0.922. The molecular weight excluding hydrogens is 180 g/mol. The van der Waals surface area contributed by atoms with E-state index in [2.05, 4.69) is 15.2 Å². The minimum absolute atomic E-state index is 0.665. The smallest absolute Gasteiger partial charge is 0.205 e. The van der Waals surface area contributed by atoms with Crippen LogP contribution in [0, 0.1) is 0 Å². The van der Waals surface area contributed by atoms with Crippen molar-refractivity contribution in [2.75, 3.05) is 0 Å². The van der Waals surface area contributed by atoms with Gasteiger partial charge in [0.05, 0.1) is 5.39 Å². The molecule has 0 bridgehead atoms. The first-order valence-electron chi connectivity index (χ1n) is 4.14. The van der Waals surface area contributed by atoms with Crippen molar-refractivity contribution in [2.45, 2.75) is 0 Å². The topological polar surface area (TPSA) is 56.7 Å². The van der Waals surface area contributed by atoms with E-state index in [0.717, 1.165) is 11.0 Å². The van der Waals surface area contributed by atoms with Gasteiger partial charge in [-0.3, -0.25) is 0 Å². The lowest BCUT2D eigenvalue weighted by molar-refractivity contribution is 0.449. The molecule has 0 aliphatic rings. The first kappa shape index (κ1) is 7.25. The van der Waals surface area contributed by atoms with Crippen molar-refractivity contribution in [3.63, 3.8) is 0 Å². The molecule has 0 unspecified atom stereocenters. The van der Waals surface area contributed by atoms with Crippen LogP contribution in [0.1, 0.15) is 0 Å². The zero-order chi connectivity index (χ0) is 9.38. The maximum absolute atomic E-state index is 5.13. The normalized spacial score (nSPS) is 10.9. The zero-order valence-corrected chi connectivity index (χ0v) is 7.16. The Morgan fingerprint density at radius 2 is 2.14 bits per heavy atom. The van der Waals surface area contributed by atoms with E-state index in [9.17, 15) is 0 Å². The van der Waals surface area contributed by atoms with Gasteiger partial charge in [0.25, 0.3) is 0 Å². The average Bonchev–Trinajstić information content (AvgIpc) is 2.85. The summed E-state index contributed by atoms with van der Waals surface area (Å²) < 4.78 is 6.71. The molecular formula is C9H6N4O. The highest BCUT2D eigenvalue weighted by Crippen LogP contribution is 2.19. The van der Waals surface area contributed by atoms with Gasteiger partial charge >= 0.3 is 0 Å². The number of fused-ring (bicyclic) bond motifs is 1. The molecule has 3 aromatic rings. The van der Waals surface area contributed by atoms with Crippen LogP contribution in [0.15, 0.2) is 41.4 Å². The van der Waals surface area contributed by atoms with E-state index in [0.29, 0.717) is 5.82 Å². The van der Waals surface area contributed by atoms with Gasteiger partial charge in [-0.25, -0.2) is 4.98 Å². The van der Waals surface area contributed by atoms with Crippen molar-refractivity contribution >= 4 is 11.0 Å². The molecule has 0 saturated carbocycles. The van der Waals surface area contributed by atoms with Crippen LogP contribution in [0.5, 0.6) is 0 Å². The number of nitrogens with zero attached hydrogens (tertiary/aromatic N) is 4. The second kappa shape index (κ2) is 2.66. The second-order valence-electron chi connectivity index (χ2n) is 2.84. The van der Waals surface area contributed by atoms with Crippen molar-refractivity contribution in [3.8, 4) is 5.82 Å². The summed E-state index contributed by atoms with van der Waals surface area (Å²) in [7, 11) is 0. The Labute approximate surface area is 79.0 Å². The van der Waals surface area contributed by atoms with E-state index in [1.54, 1.807) is 11.0 Å². The van der Waals surface area contributed by atoms with Gasteiger partial charge in [0, 0.05) is 0 Å². The SMILES string of the molecule is c1ccc2c(-n3cncn3)noc2c1. The highest BCUT2D eigenvalue weighted by Gasteiger charge is 2.08. The van der Waals surface area contributed by atoms with Gasteiger partial charge in [0.15, 0.2) is 5.58 Å². The van der Waals surface area contributed by atoms with Gasteiger partial charge in [-0.05, 0) is 12.1 Å². The van der Waals surface area contributed by atoms with Gasteiger partial charge in [-0.1, -0.05) is 17.3 Å². The number of rotatable bonds is 1. The monoisotopic (exact) mass is 186 g/mol. The molecule has 0 radical (unpaired) electrons. The summed E-state index contributed by atoms with van der Waals surface area (Å²) >= 11 is 0. The van der Waals surface area contributed by atoms with Gasteiger partial charge in [-0.2, -0.15) is 9.78 Å². The Bertz CT molecular complexity index is 555. The van der Waals surface area contributed by atoms with Crippen molar-refractivity contribution in [2.24, 2.45) is 0 Å². The fourth-order valence-electron chi connectivity index (χ4n) is 1.36. The first-order chi connectivity index (χ1) is 6.95. The van der Waals surface area contributed by atoms with Gasteiger partial charge in [0.1, 0.15) is 12.7 Å². The van der Waals surface area contributed by atoms with Crippen LogP contribution in [0.3, 0.4) is 0 Å². The molecule has 1 aromatic carbocycles. The molecule has 0 fully saturated rings. The van der Waals surface area contributed by atoms with Crippen LogP contribution in [0.2, 0.25) is 0 Å². The lowest BCUT2D eigenvalue weighted by Gasteiger charge is -1.91. The van der Waals surface area contributed by atoms with Crippen molar-refractivity contribution in [1.82, 2.24) is 19.9 Å². The summed E-state index contributed by atoms with van der Waals surface area (Å²) in [6.45, 7) is 0. The summed E-state index contributed by atoms with van der Waals surface area (Å²) in [5.41, 5.74) is 0.748. The Morgan fingerprint density at radius 1 is 1.21 bits per heavy atom. The second-order valence-corrected chi connectivity index (χ2v) is 2.84. The molecule has 0 spiro atoms. The van der Waals surface area contributed by atoms with Crippen LogP contribution in [0.25, 0.3) is 16.8 Å². The highest BCUT2D eigenvalue weighted by atomic mass is 16.5. The van der Waals surface area contributed by atoms with Crippen LogP contribution >= 0.6 is 0 Å². The van der Waals surface area contributed by atoms with Crippen LogP contribution in [-0.4, -0.2) is 19.9 Å². The summed E-state index contributed by atoms with van der Waals surface area (Å²) in [5.74, 6) is 0.665. The molecule has 0 aliphatic heterocycles. The number of hydrogen-bond donors (Lipinski definition) is 0. The van der Waals surface area contributed by atoms with Crippen molar-refractivity contribution < 1.29 is 4.52 Å². The maximum atomic E-state index is 5.13. The Hall–Kier alpha value is -2.17. The van der Waals surface area contributed by atoms with Crippen LogP contribution < -0.4 is 0 Å². The average molecular weight is 186 g/mol. The van der Waals surface area contributed by atoms with Crippen LogP contribution in [-0.2, 0) is 0 Å². The van der Waals surface area contributed by atoms with E-state index < -0.39 is 0 Å². The largest absolute Gasteiger partial charge is 0.354 e. The third-order valence-corrected chi connectivity index (χ3v) is 1.99. The molecule has 68 valence electrons. The van der Waals surface area contributed by atoms with E-state index in [1.165, 1.54) is 6.33 Å². The predicted molar refractivity (Wildman–Crippen MR) is 48.9 cm³/mol. The summed E-state index contributed by atoms with van der Waals surface area (Å²) in [4.78, 5) is 3.86. The zero-order valence-electron chi connectivity index (χ0n) is 7.16. The molecule has 2 heterocycles. The van der Waals surface area contributed by atoms with Crippen molar-refractivity contribution in [1.29, 1.82) is 0 Å². The van der Waals surface area contributed by atoms with E-state index >= 15 is 0 Å². The fraction of sp³-hybridized carbons (Fsp3) is 0. The predicted octanol–water partition coefficient (Wildman–Crippen LogP) is 1.41. The molecule has 5 nitrogen and oxygen atoms in total. The summed E-state index contributed by atoms with van der Waals surface area (Å²) in [5, 5.41) is 8.84. The minimum atomic E-state index is 0.665. The minimum Gasteiger partial charge on any atom is -0.354 e. The molecule has 14 heavy (non-hydrogen) atoms. The summed E-state index contributed by atoms with van der Waals surface area (Å²) in [6.07, 6.45) is 3.05. The lowest BCUT2D eigenvalue weighted by Crippen LogP contribution is -1.94. The number of aromatic nitrogens is 4. The Balaban J connectivity index is 2.33. The van der Waals surface area contributed by atoms with Gasteiger partial charge in [-0.15, -0.1) is 0 Å². The molecule has 0 N–H and O–H groups in total. The fourth-order valence-corrected chi connectivity index (χ4v) is 1.36. The van der Waals surface area contributed by atoms with E-state index in [1.807, 2.05) is 24.3 Å². The Kier molecular flexibility index (Phi) is 1.38. The quantitative estimate of drug-likeness (QED) is 0.576. The first-order valence-corrected chi connectivity index (χ1v) is 4.14. The molecule has 0 aliphatic carbocycles. The van der Waals surface area contributed by atoms with Gasteiger partial charge < -0.3 is 4.52 Å². The molecule has 3 rings (SSSR count).